The van der Waals surface area contributed by atoms with Crippen LogP contribution in [0.25, 0.3) is 0 Å². The number of carbonyl (C=O) groups excluding carboxylic acids is 4. The Labute approximate surface area is 250 Å². The summed E-state index contributed by atoms with van der Waals surface area (Å²) < 4.78 is 12.3. The zero-order chi connectivity index (χ0) is 31.0. The molecule has 8 atom stereocenters. The van der Waals surface area contributed by atoms with Gasteiger partial charge < -0.3 is 29.7 Å². The number of likely N-dealkylation sites (tertiary alicyclic amines) is 1. The average Bonchev–Trinajstić information content (AvgIpc) is 3.62. The van der Waals surface area contributed by atoms with Crippen molar-refractivity contribution >= 4 is 23.7 Å². The molecule has 0 radical (unpaired) electrons. The Hall–Kier alpha value is -2.72. The van der Waals surface area contributed by atoms with E-state index in [2.05, 4.69) is 25.4 Å². The number of carbonyl (C=O) groups is 4. The highest BCUT2D eigenvalue weighted by molar-refractivity contribution is 5.98. The summed E-state index contributed by atoms with van der Waals surface area (Å²) in [5.41, 5.74) is -1.17. The van der Waals surface area contributed by atoms with E-state index in [-0.39, 0.29) is 36.8 Å². The number of hydrogen-bond donors (Lipinski definition) is 2. The number of rotatable bonds is 18. The predicted molar refractivity (Wildman–Crippen MR) is 159 cm³/mol. The summed E-state index contributed by atoms with van der Waals surface area (Å²) in [7, 11) is 0. The fourth-order valence-corrected chi connectivity index (χ4v) is 6.88. The number of esters is 1. The summed E-state index contributed by atoms with van der Waals surface area (Å²) in [6, 6.07) is -1.55. The molecule has 0 aromatic rings. The van der Waals surface area contributed by atoms with Gasteiger partial charge in [0.2, 0.25) is 17.7 Å². The molecule has 10 heteroatoms. The van der Waals surface area contributed by atoms with Crippen LogP contribution in [-0.4, -0.2) is 94.7 Å². The SMILES string of the molecule is C=CCCC(=O)NC[C@@H](C)OC(=O)[C@@H]1[C@@H]2CC[C@]3(O2)[C@H](C(=O)N(CC=C)CCCCC)N([C@@H](CO)[C@@H](C)CC)C(=O)[C@@H]13. The minimum atomic E-state index is -1.17. The summed E-state index contributed by atoms with van der Waals surface area (Å²) in [5, 5.41) is 13.3. The maximum Gasteiger partial charge on any atom is 0.312 e. The van der Waals surface area contributed by atoms with Crippen molar-refractivity contribution in [1.29, 1.82) is 0 Å². The van der Waals surface area contributed by atoms with Crippen LogP contribution in [0.4, 0.5) is 0 Å². The number of hydrogen-bond acceptors (Lipinski definition) is 7. The van der Waals surface area contributed by atoms with Gasteiger partial charge >= 0.3 is 5.97 Å². The molecule has 3 heterocycles. The molecule has 3 aliphatic heterocycles. The molecule has 3 amide bonds. The first-order valence-corrected chi connectivity index (χ1v) is 15.7. The van der Waals surface area contributed by atoms with Crippen molar-refractivity contribution in [3.63, 3.8) is 0 Å². The van der Waals surface area contributed by atoms with Crippen LogP contribution >= 0.6 is 0 Å². The van der Waals surface area contributed by atoms with E-state index in [0.29, 0.717) is 45.2 Å². The molecule has 3 fully saturated rings. The van der Waals surface area contributed by atoms with Gasteiger partial charge in [0, 0.05) is 19.5 Å². The summed E-state index contributed by atoms with van der Waals surface area (Å²) >= 11 is 0. The predicted octanol–water partition coefficient (Wildman–Crippen LogP) is 2.99. The van der Waals surface area contributed by atoms with Gasteiger partial charge in [-0.25, -0.2) is 0 Å². The number of nitrogens with one attached hydrogen (secondary N) is 1. The number of aliphatic hydroxyl groups excluding tert-OH is 1. The number of unbranched alkanes of at least 4 members (excludes halogenated alkanes) is 2. The van der Waals surface area contributed by atoms with Gasteiger partial charge in [0.1, 0.15) is 17.7 Å². The number of aliphatic hydroxyl groups is 1. The van der Waals surface area contributed by atoms with Gasteiger partial charge in [0.25, 0.3) is 0 Å². The van der Waals surface area contributed by atoms with Crippen LogP contribution in [0.2, 0.25) is 0 Å². The fourth-order valence-electron chi connectivity index (χ4n) is 6.88. The van der Waals surface area contributed by atoms with Gasteiger partial charge in [-0.2, -0.15) is 0 Å². The highest BCUT2D eigenvalue weighted by Crippen LogP contribution is 2.59. The van der Waals surface area contributed by atoms with E-state index < -0.39 is 47.7 Å². The first-order chi connectivity index (χ1) is 20.1. The van der Waals surface area contributed by atoms with Crippen LogP contribution in [0.3, 0.4) is 0 Å². The minimum Gasteiger partial charge on any atom is -0.460 e. The van der Waals surface area contributed by atoms with Gasteiger partial charge in [-0.05, 0) is 38.5 Å². The zero-order valence-electron chi connectivity index (χ0n) is 25.9. The Balaban J connectivity index is 1.91. The third-order valence-corrected chi connectivity index (χ3v) is 9.26. The van der Waals surface area contributed by atoms with E-state index in [1.54, 1.807) is 28.9 Å². The van der Waals surface area contributed by atoms with Crippen LogP contribution in [-0.2, 0) is 28.7 Å². The van der Waals surface area contributed by atoms with Crippen LogP contribution < -0.4 is 5.32 Å². The van der Waals surface area contributed by atoms with Crippen LogP contribution in [0, 0.1) is 17.8 Å². The number of fused-ring (bicyclic) bond motifs is 1. The van der Waals surface area contributed by atoms with Crippen molar-refractivity contribution < 1.29 is 33.8 Å². The number of ether oxygens (including phenoxy) is 2. The van der Waals surface area contributed by atoms with Crippen molar-refractivity contribution in [3.8, 4) is 0 Å². The van der Waals surface area contributed by atoms with Gasteiger partial charge in [-0.3, -0.25) is 19.2 Å². The fraction of sp³-hybridized carbons (Fsp3) is 0.750. The van der Waals surface area contributed by atoms with E-state index in [1.165, 1.54) is 0 Å². The molecule has 236 valence electrons. The second-order valence-corrected chi connectivity index (χ2v) is 12.1. The molecular formula is C32H51N3O7. The first-order valence-electron chi connectivity index (χ1n) is 15.7. The molecule has 0 aliphatic carbocycles. The monoisotopic (exact) mass is 589 g/mol. The summed E-state index contributed by atoms with van der Waals surface area (Å²) in [6.07, 6.45) is 7.53. The Morgan fingerprint density at radius 1 is 1.24 bits per heavy atom. The largest absolute Gasteiger partial charge is 0.460 e. The van der Waals surface area contributed by atoms with Crippen LogP contribution in [0.5, 0.6) is 0 Å². The second-order valence-electron chi connectivity index (χ2n) is 12.1. The van der Waals surface area contributed by atoms with Crippen molar-refractivity contribution in [2.24, 2.45) is 17.8 Å². The second kappa shape index (κ2) is 15.1. The van der Waals surface area contributed by atoms with E-state index >= 15 is 0 Å². The van der Waals surface area contributed by atoms with Crippen LogP contribution in [0.15, 0.2) is 25.3 Å². The lowest BCUT2D eigenvalue weighted by molar-refractivity contribution is -0.160. The number of allylic oxidation sites excluding steroid dienone is 1. The molecule has 0 saturated carbocycles. The van der Waals surface area contributed by atoms with Crippen molar-refractivity contribution in [2.45, 2.75) is 109 Å². The molecule has 10 nitrogen and oxygen atoms in total. The summed E-state index contributed by atoms with van der Waals surface area (Å²) in [6.45, 7) is 15.9. The molecule has 2 bridgehead atoms. The van der Waals surface area contributed by atoms with Gasteiger partial charge in [-0.1, -0.05) is 52.2 Å². The quantitative estimate of drug-likeness (QED) is 0.143. The molecule has 0 aromatic heterocycles. The Bertz CT molecular complexity index is 1000. The van der Waals surface area contributed by atoms with E-state index in [0.717, 1.165) is 19.3 Å². The smallest absolute Gasteiger partial charge is 0.312 e. The molecule has 3 saturated heterocycles. The lowest BCUT2D eigenvalue weighted by Gasteiger charge is -2.41. The highest BCUT2D eigenvalue weighted by Gasteiger charge is 2.75. The third kappa shape index (κ3) is 6.75. The zero-order valence-corrected chi connectivity index (χ0v) is 25.9. The van der Waals surface area contributed by atoms with Crippen molar-refractivity contribution in [1.82, 2.24) is 15.1 Å². The molecule has 0 unspecified atom stereocenters. The molecule has 3 aliphatic rings. The van der Waals surface area contributed by atoms with E-state index in [4.69, 9.17) is 9.47 Å². The lowest BCUT2D eigenvalue weighted by atomic mass is 9.70. The number of nitrogens with zero attached hydrogens (tertiary/aromatic N) is 2. The van der Waals surface area contributed by atoms with Gasteiger partial charge in [0.15, 0.2) is 0 Å². The Kier molecular flexibility index (Phi) is 12.2. The lowest BCUT2D eigenvalue weighted by Crippen LogP contribution is -2.59. The normalized spacial score (nSPS) is 28.1. The summed E-state index contributed by atoms with van der Waals surface area (Å²) in [4.78, 5) is 57.6. The van der Waals surface area contributed by atoms with Crippen LogP contribution in [0.1, 0.15) is 79.1 Å². The van der Waals surface area contributed by atoms with E-state index in [9.17, 15) is 24.3 Å². The summed E-state index contributed by atoms with van der Waals surface area (Å²) in [5.74, 6) is -3.11. The van der Waals surface area contributed by atoms with Gasteiger partial charge in [0.05, 0.1) is 37.1 Å². The maximum atomic E-state index is 14.4. The van der Waals surface area contributed by atoms with Gasteiger partial charge in [-0.15, -0.1) is 13.2 Å². The highest BCUT2D eigenvalue weighted by atomic mass is 16.6. The topological polar surface area (TPSA) is 125 Å². The number of amides is 3. The minimum absolute atomic E-state index is 0.0789. The average molecular weight is 590 g/mol. The molecule has 3 rings (SSSR count). The molecule has 2 N–H and O–H groups in total. The Morgan fingerprint density at radius 2 is 1.98 bits per heavy atom. The standard InChI is InChI=1S/C32H51N3O7/c1-7-11-13-18-34(17-9-3)30(39)28-32-16-15-24(42-32)26(27(32)29(38)35(28)23(20-36)21(5)10-4)31(40)41-22(6)19-33-25(37)14-12-8-2/h8-9,21-24,26-28,36H,2-3,7,10-20H2,1,4-6H3,(H,33,37)/t21-,22+,23-,24-,26+,27+,28-,32+/m0/s1. The first kappa shape index (κ1) is 33.8. The van der Waals surface area contributed by atoms with Crippen molar-refractivity contribution in [3.05, 3.63) is 25.3 Å². The third-order valence-electron chi connectivity index (χ3n) is 9.26. The van der Waals surface area contributed by atoms with E-state index in [1.807, 2.05) is 13.8 Å². The van der Waals surface area contributed by atoms with Crippen molar-refractivity contribution in [2.75, 3.05) is 26.2 Å². The molecule has 42 heavy (non-hydrogen) atoms. The molecular weight excluding hydrogens is 538 g/mol. The molecule has 0 aromatic carbocycles. The molecule has 1 spiro atoms. The Morgan fingerprint density at radius 3 is 2.60 bits per heavy atom. The maximum absolute atomic E-state index is 14.4.